The molecule has 0 aliphatic carbocycles. The molecule has 154 valence electrons. The fourth-order valence-corrected chi connectivity index (χ4v) is 4.85. The molecule has 0 amide bonds. The van der Waals surface area contributed by atoms with Gasteiger partial charge in [-0.1, -0.05) is 29.8 Å². The Morgan fingerprint density at radius 2 is 2.14 bits per heavy atom. The molecule has 3 atom stereocenters. The summed E-state index contributed by atoms with van der Waals surface area (Å²) >= 11 is 0. The number of aromatic nitrogens is 1. The number of aliphatic hydroxyl groups is 1. The van der Waals surface area contributed by atoms with Crippen LogP contribution < -0.4 is 10.3 Å². The largest absolute Gasteiger partial charge is 0.491 e. The maximum atomic E-state index is 12.2. The lowest BCUT2D eigenvalue weighted by atomic mass is 9.83. The highest BCUT2D eigenvalue weighted by molar-refractivity contribution is 5.38. The van der Waals surface area contributed by atoms with Crippen LogP contribution in [0.25, 0.3) is 0 Å². The summed E-state index contributed by atoms with van der Waals surface area (Å²) in [5.41, 5.74) is 3.53. The average Bonchev–Trinajstić information content (AvgIpc) is 2.68. The summed E-state index contributed by atoms with van der Waals surface area (Å²) in [7, 11) is 0. The smallest absolute Gasteiger partial charge is 0.250 e. The molecule has 1 aromatic carbocycles. The number of rotatable bonds is 7. The summed E-state index contributed by atoms with van der Waals surface area (Å²) in [5, 5.41) is 10.6. The Balaban J connectivity index is 1.36. The molecule has 5 heteroatoms. The number of ether oxygens (including phenoxy) is 1. The zero-order valence-corrected chi connectivity index (χ0v) is 17.1. The first-order valence-corrected chi connectivity index (χ1v) is 10.5. The van der Waals surface area contributed by atoms with Gasteiger partial charge in [-0.15, -0.1) is 6.58 Å². The third-order valence-electron chi connectivity index (χ3n) is 6.04. The van der Waals surface area contributed by atoms with Crippen molar-refractivity contribution in [3.8, 4) is 5.75 Å². The second-order valence-electron chi connectivity index (χ2n) is 8.49. The van der Waals surface area contributed by atoms with Gasteiger partial charge in [0.1, 0.15) is 18.5 Å². The zero-order chi connectivity index (χ0) is 20.4. The molecule has 0 radical (unpaired) electrons. The first-order chi connectivity index (χ1) is 14.0. The van der Waals surface area contributed by atoms with Gasteiger partial charge in [0.25, 0.3) is 5.56 Å². The second kappa shape index (κ2) is 8.56. The standard InChI is InChI=1S/C24H30N2O3/c1-3-5-19-10-17(2)8-9-23(19)29-16-21(27)15-25-12-18-11-20(14-25)22-6-4-7-24(28)26(22)13-18/h3-4,6-10,18,20-21,27H,1,5,11-16H2,2H3/t18-,20-,21-/m1/s1. The molecule has 2 aliphatic heterocycles. The van der Waals surface area contributed by atoms with Crippen LogP contribution in [-0.2, 0) is 13.0 Å². The van der Waals surface area contributed by atoms with Crippen molar-refractivity contribution < 1.29 is 9.84 Å². The Kier molecular flexibility index (Phi) is 5.88. The molecule has 4 rings (SSSR count). The van der Waals surface area contributed by atoms with E-state index in [1.165, 1.54) is 5.56 Å². The number of β-amino-alcohol motifs (C(OH)–C–C–N with tert-alkyl or cyclic N) is 1. The molecular weight excluding hydrogens is 364 g/mol. The quantitative estimate of drug-likeness (QED) is 0.734. The number of fused-ring (bicyclic) bond motifs is 4. The Hall–Kier alpha value is -2.37. The normalized spacial score (nSPS) is 22.0. The fraction of sp³-hybridized carbons (Fsp3) is 0.458. The highest BCUT2D eigenvalue weighted by atomic mass is 16.5. The van der Waals surface area contributed by atoms with Gasteiger partial charge < -0.3 is 14.4 Å². The highest BCUT2D eigenvalue weighted by Crippen LogP contribution is 2.34. The number of likely N-dealkylation sites (tertiary alicyclic amines) is 1. The van der Waals surface area contributed by atoms with E-state index in [1.807, 2.05) is 28.8 Å². The monoisotopic (exact) mass is 394 g/mol. The van der Waals surface area contributed by atoms with E-state index in [0.29, 0.717) is 18.4 Å². The van der Waals surface area contributed by atoms with Crippen molar-refractivity contribution in [1.29, 1.82) is 0 Å². The van der Waals surface area contributed by atoms with Crippen molar-refractivity contribution >= 4 is 0 Å². The molecule has 0 unspecified atom stereocenters. The molecule has 1 N–H and O–H groups in total. The van der Waals surface area contributed by atoms with Gasteiger partial charge in [0.05, 0.1) is 0 Å². The minimum absolute atomic E-state index is 0.104. The van der Waals surface area contributed by atoms with Gasteiger partial charge in [-0.3, -0.25) is 9.69 Å². The summed E-state index contributed by atoms with van der Waals surface area (Å²) in [6, 6.07) is 11.7. The lowest BCUT2D eigenvalue weighted by Crippen LogP contribution is -2.49. The molecule has 1 fully saturated rings. The predicted octanol–water partition coefficient (Wildman–Crippen LogP) is 2.74. The molecule has 2 bridgehead atoms. The Bertz CT molecular complexity index is 936. The van der Waals surface area contributed by atoms with Crippen LogP contribution in [0.1, 0.15) is 29.2 Å². The van der Waals surface area contributed by atoms with Crippen molar-refractivity contribution in [1.82, 2.24) is 9.47 Å². The predicted molar refractivity (Wildman–Crippen MR) is 115 cm³/mol. The Morgan fingerprint density at radius 1 is 1.28 bits per heavy atom. The van der Waals surface area contributed by atoms with Gasteiger partial charge in [-0.05, 0) is 43.4 Å². The number of pyridine rings is 1. The van der Waals surface area contributed by atoms with Gasteiger partial charge in [-0.25, -0.2) is 0 Å². The maximum Gasteiger partial charge on any atom is 0.250 e. The number of allylic oxidation sites excluding steroid dienone is 1. The van der Waals surface area contributed by atoms with E-state index in [9.17, 15) is 9.90 Å². The van der Waals surface area contributed by atoms with Crippen LogP contribution in [0, 0.1) is 12.8 Å². The van der Waals surface area contributed by atoms with Crippen molar-refractivity contribution in [2.24, 2.45) is 5.92 Å². The van der Waals surface area contributed by atoms with Crippen LogP contribution in [0.5, 0.6) is 5.75 Å². The summed E-state index contributed by atoms with van der Waals surface area (Å²) in [6.07, 6.45) is 3.19. The van der Waals surface area contributed by atoms with Crippen molar-refractivity contribution in [3.05, 3.63) is 76.2 Å². The number of nitrogens with zero attached hydrogens (tertiary/aromatic N) is 2. The fourth-order valence-electron chi connectivity index (χ4n) is 4.85. The van der Waals surface area contributed by atoms with Crippen LogP contribution in [0.4, 0.5) is 0 Å². The first kappa shape index (κ1) is 19.9. The molecule has 0 saturated carbocycles. The SMILES string of the molecule is C=CCc1cc(C)ccc1OC[C@H](O)CN1C[C@H]2C[C@H](C1)c1cccc(=O)n1C2. The Morgan fingerprint density at radius 3 is 2.97 bits per heavy atom. The van der Waals surface area contributed by atoms with Crippen LogP contribution in [-0.4, -0.2) is 46.9 Å². The number of hydrogen-bond acceptors (Lipinski definition) is 4. The zero-order valence-electron chi connectivity index (χ0n) is 17.1. The second-order valence-corrected chi connectivity index (χ2v) is 8.49. The van der Waals surface area contributed by atoms with Crippen molar-refractivity contribution in [2.75, 3.05) is 26.2 Å². The van der Waals surface area contributed by atoms with E-state index >= 15 is 0 Å². The van der Waals surface area contributed by atoms with E-state index in [2.05, 4.69) is 30.5 Å². The molecule has 3 heterocycles. The molecule has 1 aromatic heterocycles. The molecule has 2 aromatic rings. The summed E-state index contributed by atoms with van der Waals surface area (Å²) < 4.78 is 7.88. The van der Waals surface area contributed by atoms with Crippen LogP contribution in [0.3, 0.4) is 0 Å². The molecular formula is C24H30N2O3. The summed E-state index contributed by atoms with van der Waals surface area (Å²) in [6.45, 7) is 9.31. The summed E-state index contributed by atoms with van der Waals surface area (Å²) in [5.74, 6) is 1.64. The van der Waals surface area contributed by atoms with Gasteiger partial charge >= 0.3 is 0 Å². The molecule has 2 aliphatic rings. The number of hydrogen-bond donors (Lipinski definition) is 1. The van der Waals surface area contributed by atoms with E-state index in [1.54, 1.807) is 6.07 Å². The van der Waals surface area contributed by atoms with Crippen LogP contribution in [0.15, 0.2) is 53.8 Å². The number of benzene rings is 1. The van der Waals surface area contributed by atoms with Gasteiger partial charge in [0.15, 0.2) is 0 Å². The minimum atomic E-state index is -0.551. The number of aliphatic hydroxyl groups excluding tert-OH is 1. The molecule has 0 spiro atoms. The van der Waals surface area contributed by atoms with Gasteiger partial charge in [-0.2, -0.15) is 0 Å². The van der Waals surface area contributed by atoms with E-state index in [0.717, 1.165) is 49.5 Å². The molecule has 29 heavy (non-hydrogen) atoms. The number of aryl methyl sites for hydroxylation is 1. The summed E-state index contributed by atoms with van der Waals surface area (Å²) in [4.78, 5) is 14.5. The highest BCUT2D eigenvalue weighted by Gasteiger charge is 2.34. The molecule has 5 nitrogen and oxygen atoms in total. The van der Waals surface area contributed by atoms with E-state index in [4.69, 9.17) is 4.74 Å². The number of piperidine rings is 1. The van der Waals surface area contributed by atoms with Gasteiger partial charge in [0.2, 0.25) is 0 Å². The van der Waals surface area contributed by atoms with Crippen LogP contribution in [0.2, 0.25) is 0 Å². The molecule has 1 saturated heterocycles. The van der Waals surface area contributed by atoms with Crippen molar-refractivity contribution in [2.45, 2.75) is 38.3 Å². The van der Waals surface area contributed by atoms with Gasteiger partial charge in [0, 0.05) is 43.9 Å². The van der Waals surface area contributed by atoms with E-state index < -0.39 is 6.10 Å². The maximum absolute atomic E-state index is 12.2. The minimum Gasteiger partial charge on any atom is -0.491 e. The van der Waals surface area contributed by atoms with E-state index in [-0.39, 0.29) is 12.2 Å². The third kappa shape index (κ3) is 4.46. The topological polar surface area (TPSA) is 54.7 Å². The first-order valence-electron chi connectivity index (χ1n) is 10.5. The van der Waals surface area contributed by atoms with Crippen molar-refractivity contribution in [3.63, 3.8) is 0 Å². The van der Waals surface area contributed by atoms with Crippen LogP contribution >= 0.6 is 0 Å². The average molecular weight is 395 g/mol. The Labute approximate surface area is 172 Å². The third-order valence-corrected chi connectivity index (χ3v) is 6.04. The lowest BCUT2D eigenvalue weighted by molar-refractivity contribution is 0.0382. The lowest BCUT2D eigenvalue weighted by Gasteiger charge is -2.43.